The second-order valence-corrected chi connectivity index (χ2v) is 5.19. The Balaban J connectivity index is 0.000000726. The van der Waals surface area contributed by atoms with Crippen molar-refractivity contribution in [2.24, 2.45) is 0 Å². The summed E-state index contributed by atoms with van der Waals surface area (Å²) in [6.07, 6.45) is 5.07. The van der Waals surface area contributed by atoms with Crippen molar-refractivity contribution in [2.45, 2.75) is 19.8 Å². The molecule has 1 aliphatic carbocycles. The van der Waals surface area contributed by atoms with E-state index in [2.05, 4.69) is 44.5 Å². The zero-order chi connectivity index (χ0) is 17.1. The molecular weight excluding hydrogens is 488 g/mol. The molecule has 1 amide bonds. The molecule has 3 N–H and O–H groups in total. The van der Waals surface area contributed by atoms with Gasteiger partial charge >= 0.3 is 21.1 Å². The van der Waals surface area contributed by atoms with E-state index in [1.165, 1.54) is 0 Å². The molecule has 3 aromatic rings. The Kier molecular flexibility index (Phi) is 6.15. The smallest absolute Gasteiger partial charge is 0.346 e. The van der Waals surface area contributed by atoms with Crippen molar-refractivity contribution in [1.29, 1.82) is 0 Å². The molecule has 4 rings (SSSR count). The largest absolute Gasteiger partial charge is 2.00 e. The van der Waals surface area contributed by atoms with Crippen LogP contribution in [0.4, 0.5) is 5.69 Å². The number of aromatic nitrogens is 5. The fraction of sp³-hybridized carbons (Fsp3) is 0.176. The minimum absolute atomic E-state index is 0. The van der Waals surface area contributed by atoms with Crippen LogP contribution in [0.25, 0.3) is 11.3 Å². The second-order valence-electron chi connectivity index (χ2n) is 5.19. The number of pyridine rings is 1. The molecule has 0 aromatic carbocycles. The number of anilines is 1. The van der Waals surface area contributed by atoms with Gasteiger partial charge in [0.15, 0.2) is 5.69 Å². The number of hydrogen-bond acceptors (Lipinski definition) is 4. The molecule has 0 unspecified atom stereocenters. The molecule has 0 atom stereocenters. The summed E-state index contributed by atoms with van der Waals surface area (Å²) in [5.74, 6) is -0.279. The molecule has 0 fully saturated rings. The van der Waals surface area contributed by atoms with E-state index in [1.807, 2.05) is 0 Å². The number of aryl methyl sites for hydroxylation is 2. The predicted octanol–water partition coefficient (Wildman–Crippen LogP) is 2.57. The molecule has 1 aliphatic rings. The molecular formula is C17H18N6OW. The third-order valence-corrected chi connectivity index (χ3v) is 3.75. The Bertz CT molecular complexity index is 852. The topological polar surface area (TPSA) is 99.3 Å². The zero-order valence-corrected chi connectivity index (χ0v) is 16.7. The molecule has 25 heavy (non-hydrogen) atoms. The number of nitrogens with one attached hydrogen (secondary N) is 3. The fourth-order valence-electron chi connectivity index (χ4n) is 2.66. The maximum atomic E-state index is 12.5. The average Bonchev–Trinajstić information content (AvgIpc) is 3.24. The average molecular weight is 506 g/mol. The van der Waals surface area contributed by atoms with E-state index in [0.29, 0.717) is 17.1 Å². The van der Waals surface area contributed by atoms with E-state index >= 15 is 0 Å². The third-order valence-electron chi connectivity index (χ3n) is 3.75. The van der Waals surface area contributed by atoms with Gasteiger partial charge in [0.1, 0.15) is 0 Å². The van der Waals surface area contributed by atoms with Crippen LogP contribution in [0.1, 0.15) is 34.4 Å². The van der Waals surface area contributed by atoms with E-state index in [4.69, 9.17) is 0 Å². The quantitative estimate of drug-likeness (QED) is 0.466. The first-order valence-corrected chi connectivity index (χ1v) is 7.62. The van der Waals surface area contributed by atoms with Gasteiger partial charge in [0.05, 0.1) is 17.5 Å². The van der Waals surface area contributed by atoms with Crippen molar-refractivity contribution < 1.29 is 25.9 Å². The van der Waals surface area contributed by atoms with Crippen molar-refractivity contribution in [3.63, 3.8) is 0 Å². The van der Waals surface area contributed by atoms with Crippen LogP contribution >= 0.6 is 0 Å². The number of H-pyrrole nitrogens is 2. The van der Waals surface area contributed by atoms with Crippen LogP contribution in [0.5, 0.6) is 0 Å². The van der Waals surface area contributed by atoms with Gasteiger partial charge in [-0.3, -0.25) is 20.0 Å². The number of fused-ring (bicyclic) bond motifs is 3. The summed E-state index contributed by atoms with van der Waals surface area (Å²) < 4.78 is 0. The number of aromatic amines is 2. The van der Waals surface area contributed by atoms with Gasteiger partial charge in [0, 0.05) is 17.6 Å². The Labute approximate surface area is 160 Å². The first-order valence-electron chi connectivity index (χ1n) is 7.62. The molecule has 0 aliphatic heterocycles. The number of amides is 1. The number of nitrogens with zero attached hydrogens (tertiary/aromatic N) is 3. The first kappa shape index (κ1) is 18.9. The van der Waals surface area contributed by atoms with Crippen LogP contribution in [-0.4, -0.2) is 31.3 Å². The maximum absolute atomic E-state index is 12.5. The van der Waals surface area contributed by atoms with Crippen LogP contribution in [0.3, 0.4) is 0 Å². The van der Waals surface area contributed by atoms with Crippen molar-refractivity contribution in [3.8, 4) is 11.3 Å². The first-order chi connectivity index (χ1) is 11.7. The molecule has 8 heteroatoms. The molecule has 0 saturated carbocycles. The SMILES string of the molecule is [CH2-]C.[CH2-]c1ccc(NC(=O)c2n[nH]c3c2-c2[nH]ncc2CC3)cn1.[W+2]. The van der Waals surface area contributed by atoms with Crippen molar-refractivity contribution in [2.75, 3.05) is 5.32 Å². The number of carbonyl (C=O) groups is 1. The molecule has 7 nitrogen and oxygen atoms in total. The minimum Gasteiger partial charge on any atom is -0.346 e. The molecule has 0 saturated heterocycles. The fourth-order valence-corrected chi connectivity index (χ4v) is 2.66. The normalized spacial score (nSPS) is 11.3. The summed E-state index contributed by atoms with van der Waals surface area (Å²) in [4.78, 5) is 16.6. The van der Waals surface area contributed by atoms with Crippen molar-refractivity contribution >= 4 is 11.6 Å². The Morgan fingerprint density at radius 3 is 2.72 bits per heavy atom. The second kappa shape index (κ2) is 8.12. The maximum Gasteiger partial charge on any atom is 2.00 e. The van der Waals surface area contributed by atoms with Gasteiger partial charge in [0.2, 0.25) is 0 Å². The van der Waals surface area contributed by atoms with Crippen LogP contribution in [0.15, 0.2) is 24.5 Å². The molecule has 0 spiro atoms. The third kappa shape index (κ3) is 3.66. The van der Waals surface area contributed by atoms with Gasteiger partial charge in [-0.15, -0.1) is 11.8 Å². The van der Waals surface area contributed by atoms with E-state index in [9.17, 15) is 4.79 Å². The van der Waals surface area contributed by atoms with Gasteiger partial charge in [0.25, 0.3) is 5.91 Å². The minimum atomic E-state index is -0.279. The van der Waals surface area contributed by atoms with Gasteiger partial charge in [-0.1, -0.05) is 0 Å². The Morgan fingerprint density at radius 1 is 1.20 bits per heavy atom. The number of rotatable bonds is 2. The van der Waals surface area contributed by atoms with Crippen LogP contribution in [0, 0.1) is 13.8 Å². The van der Waals surface area contributed by atoms with Gasteiger partial charge in [-0.25, -0.2) is 6.92 Å². The van der Waals surface area contributed by atoms with Gasteiger partial charge in [-0.05, 0) is 18.4 Å². The van der Waals surface area contributed by atoms with E-state index < -0.39 is 0 Å². The van der Waals surface area contributed by atoms with E-state index in [0.717, 1.165) is 35.4 Å². The molecule has 0 radical (unpaired) electrons. The predicted molar refractivity (Wildman–Crippen MR) is 91.3 cm³/mol. The van der Waals surface area contributed by atoms with E-state index in [1.54, 1.807) is 31.5 Å². The van der Waals surface area contributed by atoms with Gasteiger partial charge in [-0.2, -0.15) is 23.2 Å². The summed E-state index contributed by atoms with van der Waals surface area (Å²) in [6.45, 7) is 8.72. The van der Waals surface area contributed by atoms with Gasteiger partial charge < -0.3 is 12.2 Å². The molecule has 0 bridgehead atoms. The number of hydrogen-bond donors (Lipinski definition) is 3. The van der Waals surface area contributed by atoms with Crippen molar-refractivity contribution in [3.05, 3.63) is 61.0 Å². The summed E-state index contributed by atoms with van der Waals surface area (Å²) in [7, 11) is 0. The van der Waals surface area contributed by atoms with E-state index in [-0.39, 0.29) is 27.0 Å². The van der Waals surface area contributed by atoms with Crippen LogP contribution in [0.2, 0.25) is 0 Å². The van der Waals surface area contributed by atoms with Crippen LogP contribution < -0.4 is 5.32 Å². The summed E-state index contributed by atoms with van der Waals surface area (Å²) >= 11 is 0. The van der Waals surface area contributed by atoms with Crippen molar-refractivity contribution in [1.82, 2.24) is 25.4 Å². The summed E-state index contributed by atoms with van der Waals surface area (Å²) in [5.41, 5.74) is 5.34. The zero-order valence-electron chi connectivity index (χ0n) is 13.8. The molecule has 128 valence electrons. The van der Waals surface area contributed by atoms with Crippen LogP contribution in [-0.2, 0) is 33.9 Å². The Morgan fingerprint density at radius 2 is 2.00 bits per heavy atom. The summed E-state index contributed by atoms with van der Waals surface area (Å²) in [6, 6.07) is 3.50. The summed E-state index contributed by atoms with van der Waals surface area (Å²) in [5, 5.41) is 16.9. The molecule has 3 aromatic heterocycles. The molecule has 3 heterocycles. The monoisotopic (exact) mass is 506 g/mol. The Hall–Kier alpha value is -2.40. The number of carbonyl (C=O) groups excluding carboxylic acids is 1. The standard InChI is InChI=1S/C15H13N6O.C2H5.W/c1-8-2-4-10(7-16-8)18-15(22)14-12-11(19-21-14)5-3-9-6-17-20-13(9)12;1-2;/h2,4,6-7H,1,3,5H2,(H,17,20)(H,18,22)(H,19,21);1H2,2H3;/q2*-1;+2.